The summed E-state index contributed by atoms with van der Waals surface area (Å²) in [6.07, 6.45) is -2.34. The second-order valence-electron chi connectivity index (χ2n) is 5.94. The topological polar surface area (TPSA) is 99.4 Å². The highest BCUT2D eigenvalue weighted by Gasteiger charge is 2.66. The van der Waals surface area contributed by atoms with Gasteiger partial charge in [-0.1, -0.05) is 18.2 Å². The van der Waals surface area contributed by atoms with E-state index in [1.165, 1.54) is 20.8 Å². The van der Waals surface area contributed by atoms with Gasteiger partial charge in [0.25, 0.3) is 0 Å². The summed E-state index contributed by atoms with van der Waals surface area (Å²) in [5.41, 5.74) is -5.69. The SMILES string of the molecule is C[C@]1(O)[C@@](C)(O)[C@H](CO)O[C@@H](Oc2ccccc2)[C@@]1(C)O. The van der Waals surface area contributed by atoms with E-state index >= 15 is 0 Å². The summed E-state index contributed by atoms with van der Waals surface area (Å²) in [6.45, 7) is 3.40. The number of hydrogen-bond donors (Lipinski definition) is 4. The molecule has 1 fully saturated rings. The lowest BCUT2D eigenvalue weighted by Crippen LogP contribution is -2.78. The van der Waals surface area contributed by atoms with Crippen molar-refractivity contribution in [2.75, 3.05) is 6.61 Å². The van der Waals surface area contributed by atoms with E-state index in [-0.39, 0.29) is 0 Å². The van der Waals surface area contributed by atoms with Gasteiger partial charge in [0, 0.05) is 0 Å². The Morgan fingerprint density at radius 1 is 1.05 bits per heavy atom. The first-order valence-corrected chi connectivity index (χ1v) is 6.79. The third kappa shape index (κ3) is 2.43. The lowest BCUT2D eigenvalue weighted by atomic mass is 9.68. The number of para-hydroxylation sites is 1. The van der Waals surface area contributed by atoms with Crippen LogP contribution in [0.4, 0.5) is 0 Å². The maximum Gasteiger partial charge on any atom is 0.232 e. The molecule has 1 saturated heterocycles. The average molecular weight is 298 g/mol. The minimum atomic E-state index is -1.95. The maximum absolute atomic E-state index is 10.6. The van der Waals surface area contributed by atoms with Crippen LogP contribution in [0.25, 0.3) is 0 Å². The van der Waals surface area contributed by atoms with Crippen molar-refractivity contribution < 1.29 is 29.9 Å². The number of aliphatic hydroxyl groups is 4. The molecule has 0 unspecified atom stereocenters. The van der Waals surface area contributed by atoms with Gasteiger partial charge < -0.3 is 29.9 Å². The monoisotopic (exact) mass is 298 g/mol. The van der Waals surface area contributed by atoms with Crippen molar-refractivity contribution in [1.29, 1.82) is 0 Å². The quantitative estimate of drug-likeness (QED) is 0.628. The summed E-state index contributed by atoms with van der Waals surface area (Å²) < 4.78 is 11.1. The van der Waals surface area contributed by atoms with E-state index < -0.39 is 35.8 Å². The molecule has 0 spiro atoms. The summed E-state index contributed by atoms with van der Waals surface area (Å²) >= 11 is 0. The van der Waals surface area contributed by atoms with Crippen LogP contribution >= 0.6 is 0 Å². The van der Waals surface area contributed by atoms with E-state index in [4.69, 9.17) is 9.47 Å². The van der Waals surface area contributed by atoms with Gasteiger partial charge in [0.05, 0.1) is 6.61 Å². The van der Waals surface area contributed by atoms with Gasteiger partial charge >= 0.3 is 0 Å². The predicted molar refractivity (Wildman–Crippen MR) is 74.7 cm³/mol. The third-order valence-corrected chi connectivity index (χ3v) is 4.50. The molecule has 0 radical (unpaired) electrons. The van der Waals surface area contributed by atoms with Crippen molar-refractivity contribution in [3.63, 3.8) is 0 Å². The largest absolute Gasteiger partial charge is 0.462 e. The Morgan fingerprint density at radius 3 is 2.14 bits per heavy atom. The van der Waals surface area contributed by atoms with Crippen molar-refractivity contribution in [3.05, 3.63) is 30.3 Å². The van der Waals surface area contributed by atoms with E-state index in [1.807, 2.05) is 6.07 Å². The van der Waals surface area contributed by atoms with Gasteiger partial charge in [0.1, 0.15) is 23.1 Å². The minimum absolute atomic E-state index is 0.441. The van der Waals surface area contributed by atoms with Crippen LogP contribution in [-0.2, 0) is 4.74 Å². The number of ether oxygens (including phenoxy) is 2. The molecule has 6 nitrogen and oxygen atoms in total. The fraction of sp³-hybridized carbons (Fsp3) is 0.600. The zero-order valence-corrected chi connectivity index (χ0v) is 12.4. The minimum Gasteiger partial charge on any atom is -0.462 e. The molecule has 6 heteroatoms. The Labute approximate surface area is 123 Å². The zero-order valence-electron chi connectivity index (χ0n) is 12.4. The van der Waals surface area contributed by atoms with Crippen LogP contribution in [0.15, 0.2) is 30.3 Å². The molecule has 0 bridgehead atoms. The molecule has 4 N–H and O–H groups in total. The molecule has 118 valence electrons. The fourth-order valence-corrected chi connectivity index (χ4v) is 2.46. The third-order valence-electron chi connectivity index (χ3n) is 4.50. The van der Waals surface area contributed by atoms with Crippen molar-refractivity contribution in [1.82, 2.24) is 0 Å². The second-order valence-corrected chi connectivity index (χ2v) is 5.94. The molecule has 0 aromatic heterocycles. The van der Waals surface area contributed by atoms with Gasteiger partial charge in [-0.3, -0.25) is 0 Å². The number of rotatable bonds is 3. The molecule has 0 amide bonds. The van der Waals surface area contributed by atoms with Gasteiger partial charge in [-0.15, -0.1) is 0 Å². The molecular weight excluding hydrogens is 276 g/mol. The first-order chi connectivity index (χ1) is 9.64. The highest BCUT2D eigenvalue weighted by atomic mass is 16.7. The van der Waals surface area contributed by atoms with E-state index in [9.17, 15) is 20.4 Å². The van der Waals surface area contributed by atoms with Crippen LogP contribution in [0, 0.1) is 0 Å². The molecule has 1 heterocycles. The van der Waals surface area contributed by atoms with Gasteiger partial charge in [0.15, 0.2) is 5.60 Å². The van der Waals surface area contributed by atoms with Crippen LogP contribution in [0.1, 0.15) is 20.8 Å². The fourth-order valence-electron chi connectivity index (χ4n) is 2.46. The smallest absolute Gasteiger partial charge is 0.232 e. The molecule has 21 heavy (non-hydrogen) atoms. The van der Waals surface area contributed by atoms with Crippen molar-refractivity contribution in [2.45, 2.75) is 50.0 Å². The lowest BCUT2D eigenvalue weighted by molar-refractivity contribution is -0.376. The first-order valence-electron chi connectivity index (χ1n) is 6.79. The highest BCUT2D eigenvalue weighted by Crippen LogP contribution is 2.44. The Kier molecular flexibility index (Phi) is 4.03. The number of hydrogen-bond acceptors (Lipinski definition) is 6. The Hall–Kier alpha value is -1.18. The summed E-state index contributed by atoms with van der Waals surface area (Å²) in [7, 11) is 0. The summed E-state index contributed by atoms with van der Waals surface area (Å²) in [5.74, 6) is 0.441. The maximum atomic E-state index is 10.6. The molecule has 5 atom stereocenters. The van der Waals surface area contributed by atoms with Gasteiger partial charge in [0.2, 0.25) is 6.29 Å². The van der Waals surface area contributed by atoms with Crippen LogP contribution in [0.5, 0.6) is 5.75 Å². The predicted octanol–water partition coefficient (Wildman–Crippen LogP) is 0.0356. The molecule has 1 aromatic rings. The van der Waals surface area contributed by atoms with Crippen LogP contribution < -0.4 is 4.74 Å². The first kappa shape index (κ1) is 16.2. The zero-order chi connectivity index (χ0) is 15.9. The standard InChI is InChI=1S/C15H22O6/c1-13(17)11(9-16)21-12(14(2,18)15(13,3)19)20-10-7-5-4-6-8-10/h4-8,11-12,16-19H,9H2,1-3H3/t11-,12+,13-,14+,15-/m0/s1. The van der Waals surface area contributed by atoms with Gasteiger partial charge in [-0.25, -0.2) is 0 Å². The number of aliphatic hydroxyl groups excluding tert-OH is 1. The molecule has 1 aromatic carbocycles. The average Bonchev–Trinajstić information content (AvgIpc) is 2.42. The van der Waals surface area contributed by atoms with Crippen LogP contribution in [-0.4, -0.2) is 56.2 Å². The molecule has 1 aliphatic rings. The summed E-state index contributed by atoms with van der Waals surface area (Å²) in [5, 5.41) is 41.1. The van der Waals surface area contributed by atoms with E-state index in [1.54, 1.807) is 24.3 Å². The van der Waals surface area contributed by atoms with Crippen LogP contribution in [0.2, 0.25) is 0 Å². The molecule has 1 aliphatic heterocycles. The highest BCUT2D eigenvalue weighted by molar-refractivity contribution is 5.23. The Morgan fingerprint density at radius 2 is 1.62 bits per heavy atom. The molecular formula is C15H22O6. The summed E-state index contributed by atoms with van der Waals surface area (Å²) in [4.78, 5) is 0. The normalized spacial score (nSPS) is 43.6. The number of benzene rings is 1. The van der Waals surface area contributed by atoms with E-state index in [0.29, 0.717) is 5.75 Å². The van der Waals surface area contributed by atoms with Crippen molar-refractivity contribution in [3.8, 4) is 5.75 Å². The van der Waals surface area contributed by atoms with Gasteiger partial charge in [-0.05, 0) is 32.9 Å². The Bertz CT molecular complexity index is 482. The molecule has 0 aliphatic carbocycles. The van der Waals surface area contributed by atoms with Crippen molar-refractivity contribution in [2.24, 2.45) is 0 Å². The van der Waals surface area contributed by atoms with Crippen LogP contribution in [0.3, 0.4) is 0 Å². The molecule has 2 rings (SSSR count). The summed E-state index contributed by atoms with van der Waals surface area (Å²) in [6, 6.07) is 8.67. The van der Waals surface area contributed by atoms with E-state index in [0.717, 1.165) is 0 Å². The Balaban J connectivity index is 2.34. The van der Waals surface area contributed by atoms with E-state index in [2.05, 4.69) is 0 Å². The van der Waals surface area contributed by atoms with Gasteiger partial charge in [-0.2, -0.15) is 0 Å². The second kappa shape index (κ2) is 5.23. The van der Waals surface area contributed by atoms with Crippen molar-refractivity contribution >= 4 is 0 Å². The molecule has 0 saturated carbocycles. The lowest BCUT2D eigenvalue weighted by Gasteiger charge is -2.56.